The molecule has 0 atom stereocenters. The molecule has 0 aromatic heterocycles. The Balaban J connectivity index is 2.12. The molecule has 1 N–H and O–H groups in total. The summed E-state index contributed by atoms with van der Waals surface area (Å²) < 4.78 is 10.5. The first-order valence-corrected chi connectivity index (χ1v) is 8.90. The second kappa shape index (κ2) is 8.89. The van der Waals surface area contributed by atoms with E-state index >= 15 is 0 Å². The molecule has 146 valence electrons. The van der Waals surface area contributed by atoms with Crippen LogP contribution in [0, 0.1) is 0 Å². The highest BCUT2D eigenvalue weighted by Crippen LogP contribution is 2.46. The third-order valence-electron chi connectivity index (χ3n) is 4.50. The van der Waals surface area contributed by atoms with Crippen molar-refractivity contribution in [1.82, 2.24) is 0 Å². The number of hydrogen-bond donors (Lipinski definition) is 1. The maximum atomic E-state index is 12.4. The molecule has 5 heteroatoms. The lowest BCUT2D eigenvalue weighted by molar-refractivity contribution is 0.104. The molecule has 0 radical (unpaired) electrons. The molecule has 0 aliphatic rings. The smallest absolute Gasteiger partial charge is 0.201 e. The summed E-state index contributed by atoms with van der Waals surface area (Å²) in [7, 11) is 2.80. The Kier molecular flexibility index (Phi) is 6.09. The molecule has 0 spiro atoms. The Morgan fingerprint density at radius 2 is 1.62 bits per heavy atom. The fourth-order valence-corrected chi connectivity index (χ4v) is 3.10. The summed E-state index contributed by atoms with van der Waals surface area (Å²) >= 11 is 0. The van der Waals surface area contributed by atoms with Gasteiger partial charge in [0.25, 0.3) is 0 Å². The Morgan fingerprint density at radius 3 is 2.28 bits per heavy atom. The van der Waals surface area contributed by atoms with Gasteiger partial charge in [0, 0.05) is 16.7 Å². The summed E-state index contributed by atoms with van der Waals surface area (Å²) in [6.07, 6.45) is 3.83. The van der Waals surface area contributed by atoms with Gasteiger partial charge >= 0.3 is 0 Å². The summed E-state index contributed by atoms with van der Waals surface area (Å²) in [5.74, 6) is -0.0723. The normalized spacial score (nSPS) is 10.7. The SMILES string of the molecule is COc1cc(C=O)c(-c2ccccc2C=CC(=O)c2ccccc2)c(OC)c1O. The standard InChI is InChI=1S/C24H20O5/c1-28-21-14-18(15-25)22(24(29-2)23(21)27)19-11-7-6-8-16(19)12-13-20(26)17-9-4-3-5-10-17/h3-15,27H,1-2H3. The van der Waals surface area contributed by atoms with E-state index in [1.54, 1.807) is 42.5 Å². The molecule has 29 heavy (non-hydrogen) atoms. The van der Waals surface area contributed by atoms with E-state index in [4.69, 9.17) is 9.47 Å². The van der Waals surface area contributed by atoms with Crippen LogP contribution in [-0.2, 0) is 0 Å². The highest BCUT2D eigenvalue weighted by atomic mass is 16.5. The molecule has 0 fully saturated rings. The van der Waals surface area contributed by atoms with Crippen LogP contribution in [0.4, 0.5) is 0 Å². The number of methoxy groups -OCH3 is 2. The second-order valence-electron chi connectivity index (χ2n) is 6.19. The third-order valence-corrected chi connectivity index (χ3v) is 4.50. The predicted octanol–water partition coefficient (Wildman–Crippen LogP) is 4.79. The third kappa shape index (κ3) is 4.04. The van der Waals surface area contributed by atoms with E-state index in [0.29, 0.717) is 34.1 Å². The lowest BCUT2D eigenvalue weighted by Crippen LogP contribution is -1.98. The summed E-state index contributed by atoms with van der Waals surface area (Å²) in [5, 5.41) is 10.5. The van der Waals surface area contributed by atoms with Gasteiger partial charge in [-0.15, -0.1) is 0 Å². The lowest BCUT2D eigenvalue weighted by atomic mass is 9.93. The number of hydrogen-bond acceptors (Lipinski definition) is 5. The zero-order valence-corrected chi connectivity index (χ0v) is 16.1. The van der Waals surface area contributed by atoms with Crippen LogP contribution in [0.3, 0.4) is 0 Å². The first kappa shape index (κ1) is 19.9. The molecule has 5 nitrogen and oxygen atoms in total. The van der Waals surface area contributed by atoms with Crippen molar-refractivity contribution in [3.8, 4) is 28.4 Å². The van der Waals surface area contributed by atoms with Gasteiger partial charge in [0.05, 0.1) is 14.2 Å². The van der Waals surface area contributed by atoms with Crippen LogP contribution in [0.1, 0.15) is 26.3 Å². The van der Waals surface area contributed by atoms with Crippen LogP contribution in [0.25, 0.3) is 17.2 Å². The van der Waals surface area contributed by atoms with Crippen LogP contribution < -0.4 is 9.47 Å². The van der Waals surface area contributed by atoms with E-state index in [9.17, 15) is 14.7 Å². The van der Waals surface area contributed by atoms with Gasteiger partial charge in [-0.2, -0.15) is 0 Å². The highest BCUT2D eigenvalue weighted by molar-refractivity contribution is 6.07. The summed E-state index contributed by atoms with van der Waals surface area (Å²) in [6, 6.07) is 17.6. The zero-order valence-electron chi connectivity index (χ0n) is 16.1. The second-order valence-corrected chi connectivity index (χ2v) is 6.19. The number of benzene rings is 3. The number of ether oxygens (including phenoxy) is 2. The molecule has 0 amide bonds. The zero-order chi connectivity index (χ0) is 20.8. The fraction of sp³-hybridized carbons (Fsp3) is 0.0833. The minimum Gasteiger partial charge on any atom is -0.502 e. The van der Waals surface area contributed by atoms with Crippen molar-refractivity contribution in [2.45, 2.75) is 0 Å². The predicted molar refractivity (Wildman–Crippen MR) is 112 cm³/mol. The largest absolute Gasteiger partial charge is 0.502 e. The number of aromatic hydroxyl groups is 1. The number of phenolic OH excluding ortho intramolecular Hbond substituents is 1. The number of aldehydes is 1. The van der Waals surface area contributed by atoms with E-state index in [-0.39, 0.29) is 23.0 Å². The van der Waals surface area contributed by atoms with Crippen molar-refractivity contribution >= 4 is 18.1 Å². The number of rotatable bonds is 7. The fourth-order valence-electron chi connectivity index (χ4n) is 3.10. The maximum Gasteiger partial charge on any atom is 0.201 e. The molecule has 0 saturated carbocycles. The summed E-state index contributed by atoms with van der Waals surface area (Å²) in [4.78, 5) is 24.2. The molecule has 0 bridgehead atoms. The molecule has 0 heterocycles. The first-order valence-electron chi connectivity index (χ1n) is 8.90. The minimum atomic E-state index is -0.199. The van der Waals surface area contributed by atoms with Crippen molar-refractivity contribution < 1.29 is 24.2 Å². The molecule has 3 rings (SSSR count). The molecular formula is C24H20O5. The van der Waals surface area contributed by atoms with E-state index < -0.39 is 0 Å². The summed E-state index contributed by atoms with van der Waals surface area (Å²) in [5.41, 5.74) is 2.64. The minimum absolute atomic E-state index is 0.127. The van der Waals surface area contributed by atoms with E-state index in [0.717, 1.165) is 0 Å². The van der Waals surface area contributed by atoms with Crippen LogP contribution in [0.15, 0.2) is 66.7 Å². The average Bonchev–Trinajstić information content (AvgIpc) is 2.77. The van der Waals surface area contributed by atoms with Crippen molar-refractivity contribution in [3.05, 3.63) is 83.4 Å². The van der Waals surface area contributed by atoms with Crippen molar-refractivity contribution in [3.63, 3.8) is 0 Å². The van der Waals surface area contributed by atoms with Crippen LogP contribution in [-0.4, -0.2) is 31.4 Å². The first-order chi connectivity index (χ1) is 14.1. The number of carbonyl (C=O) groups excluding carboxylic acids is 2. The Hall–Kier alpha value is -3.86. The van der Waals surface area contributed by atoms with Gasteiger partial charge in [-0.25, -0.2) is 0 Å². The van der Waals surface area contributed by atoms with Gasteiger partial charge in [-0.05, 0) is 23.3 Å². The molecule has 3 aromatic carbocycles. The Morgan fingerprint density at radius 1 is 0.931 bits per heavy atom. The van der Waals surface area contributed by atoms with E-state index in [1.165, 1.54) is 26.4 Å². The van der Waals surface area contributed by atoms with Crippen molar-refractivity contribution in [2.75, 3.05) is 14.2 Å². The molecular weight excluding hydrogens is 368 g/mol. The molecule has 3 aromatic rings. The Bertz CT molecular complexity index is 1070. The topological polar surface area (TPSA) is 72.8 Å². The highest BCUT2D eigenvalue weighted by Gasteiger charge is 2.21. The van der Waals surface area contributed by atoms with Crippen molar-refractivity contribution in [1.29, 1.82) is 0 Å². The van der Waals surface area contributed by atoms with Crippen LogP contribution in [0.5, 0.6) is 17.2 Å². The molecule has 0 saturated heterocycles. The van der Waals surface area contributed by atoms with Gasteiger partial charge in [-0.3, -0.25) is 9.59 Å². The quantitative estimate of drug-likeness (QED) is 0.358. The Labute approximate surface area is 168 Å². The number of ketones is 1. The summed E-state index contributed by atoms with van der Waals surface area (Å²) in [6.45, 7) is 0. The number of carbonyl (C=O) groups is 2. The lowest BCUT2D eigenvalue weighted by Gasteiger charge is -2.17. The van der Waals surface area contributed by atoms with Crippen molar-refractivity contribution in [2.24, 2.45) is 0 Å². The molecule has 0 aliphatic carbocycles. The number of phenols is 1. The molecule has 0 unspecified atom stereocenters. The maximum absolute atomic E-state index is 12.4. The van der Waals surface area contributed by atoms with Gasteiger partial charge in [0.2, 0.25) is 5.75 Å². The van der Waals surface area contributed by atoms with Crippen LogP contribution >= 0.6 is 0 Å². The van der Waals surface area contributed by atoms with E-state index in [1.807, 2.05) is 18.2 Å². The van der Waals surface area contributed by atoms with Gasteiger partial charge in [0.1, 0.15) is 0 Å². The van der Waals surface area contributed by atoms with E-state index in [2.05, 4.69) is 0 Å². The average molecular weight is 388 g/mol. The van der Waals surface area contributed by atoms with Gasteiger partial charge in [-0.1, -0.05) is 60.7 Å². The monoisotopic (exact) mass is 388 g/mol. The molecule has 0 aliphatic heterocycles. The number of allylic oxidation sites excluding steroid dienone is 1. The van der Waals surface area contributed by atoms with Gasteiger partial charge < -0.3 is 14.6 Å². The van der Waals surface area contributed by atoms with Gasteiger partial charge in [0.15, 0.2) is 23.6 Å². The van der Waals surface area contributed by atoms with Crippen LogP contribution in [0.2, 0.25) is 0 Å².